The first-order valence-electron chi connectivity index (χ1n) is 6.98. The largest absolute Gasteiger partial charge is 0.450 e. The highest BCUT2D eigenvalue weighted by Crippen LogP contribution is 2.11. The van der Waals surface area contributed by atoms with E-state index in [0.717, 1.165) is 0 Å². The zero-order chi connectivity index (χ0) is 15.9. The van der Waals surface area contributed by atoms with Gasteiger partial charge in [0.2, 0.25) is 0 Å². The van der Waals surface area contributed by atoms with E-state index in [9.17, 15) is 14.4 Å². The minimum Gasteiger partial charge on any atom is -0.450 e. The molecule has 0 aliphatic carbocycles. The van der Waals surface area contributed by atoms with Gasteiger partial charge in [-0.05, 0) is 19.8 Å². The van der Waals surface area contributed by atoms with Crippen LogP contribution < -0.4 is 10.7 Å². The van der Waals surface area contributed by atoms with E-state index in [2.05, 4.69) is 20.9 Å². The maximum atomic E-state index is 11.8. The predicted molar refractivity (Wildman–Crippen MR) is 74.1 cm³/mol. The van der Waals surface area contributed by atoms with Crippen molar-refractivity contribution in [3.63, 3.8) is 0 Å². The van der Waals surface area contributed by atoms with Crippen molar-refractivity contribution in [2.24, 2.45) is 0 Å². The highest BCUT2D eigenvalue weighted by atomic mass is 16.6. The van der Waals surface area contributed by atoms with Gasteiger partial charge in [0.25, 0.3) is 0 Å². The third-order valence-corrected chi connectivity index (χ3v) is 3.21. The fourth-order valence-electron chi connectivity index (χ4n) is 2.10. The van der Waals surface area contributed by atoms with E-state index in [0.29, 0.717) is 32.5 Å². The van der Waals surface area contributed by atoms with Crippen LogP contribution in [0.3, 0.4) is 0 Å². The summed E-state index contributed by atoms with van der Waals surface area (Å²) in [6.45, 7) is 3.05. The van der Waals surface area contributed by atoms with Crippen LogP contribution >= 0.6 is 0 Å². The van der Waals surface area contributed by atoms with Gasteiger partial charge < -0.3 is 15.0 Å². The molecule has 0 aromatic carbocycles. The lowest BCUT2D eigenvalue weighted by atomic mass is 10.1. The van der Waals surface area contributed by atoms with E-state index in [1.165, 1.54) is 17.3 Å². The zero-order valence-corrected chi connectivity index (χ0v) is 12.2. The minimum absolute atomic E-state index is 0.148. The smallest absolute Gasteiger partial charge is 0.409 e. The molecule has 10 nitrogen and oxygen atoms in total. The number of hydrogen-bond acceptors (Lipinski definition) is 6. The molecule has 22 heavy (non-hydrogen) atoms. The van der Waals surface area contributed by atoms with Crippen LogP contribution in [0.2, 0.25) is 0 Å². The Morgan fingerprint density at radius 2 is 1.82 bits per heavy atom. The van der Waals surface area contributed by atoms with Crippen molar-refractivity contribution >= 4 is 17.9 Å². The SMILES string of the molecule is CCOC(=O)N1CCC(NC(=O)C(=O)Nn2cnnc2)CC1. The van der Waals surface area contributed by atoms with Crippen LogP contribution in [0.15, 0.2) is 12.7 Å². The number of ether oxygens (including phenoxy) is 1. The average molecular weight is 310 g/mol. The molecule has 0 unspecified atom stereocenters. The highest BCUT2D eigenvalue weighted by molar-refractivity contribution is 6.38. The summed E-state index contributed by atoms with van der Waals surface area (Å²) < 4.78 is 6.10. The quantitative estimate of drug-likeness (QED) is 0.697. The van der Waals surface area contributed by atoms with E-state index in [1.807, 2.05) is 0 Å². The Morgan fingerprint density at radius 3 is 2.41 bits per heavy atom. The van der Waals surface area contributed by atoms with E-state index in [-0.39, 0.29) is 12.1 Å². The summed E-state index contributed by atoms with van der Waals surface area (Å²) in [6.07, 6.45) is 3.33. The number of carbonyl (C=O) groups excluding carboxylic acids is 3. The van der Waals surface area contributed by atoms with Crippen molar-refractivity contribution in [2.75, 3.05) is 25.1 Å². The molecule has 0 bridgehead atoms. The topological polar surface area (TPSA) is 118 Å². The molecule has 2 rings (SSSR count). The van der Waals surface area contributed by atoms with Crippen LogP contribution in [0, 0.1) is 0 Å². The molecule has 1 aromatic rings. The van der Waals surface area contributed by atoms with Crippen molar-refractivity contribution in [2.45, 2.75) is 25.8 Å². The number of nitrogens with one attached hydrogen (secondary N) is 2. The van der Waals surface area contributed by atoms with Gasteiger partial charge in [-0.3, -0.25) is 15.0 Å². The average Bonchev–Trinajstić information content (AvgIpc) is 3.01. The third-order valence-electron chi connectivity index (χ3n) is 3.21. The minimum atomic E-state index is -0.798. The molecule has 0 saturated carbocycles. The molecule has 0 atom stereocenters. The highest BCUT2D eigenvalue weighted by Gasteiger charge is 2.26. The number of nitrogens with zero attached hydrogens (tertiary/aromatic N) is 4. The molecular formula is C12H18N6O4. The second-order valence-electron chi connectivity index (χ2n) is 4.74. The Hall–Kier alpha value is -2.65. The standard InChI is InChI=1S/C12H18N6O4/c1-2-22-12(21)17-5-3-9(4-6-17)15-10(19)11(20)16-18-7-13-14-8-18/h7-9H,2-6H2,1H3,(H,15,19)(H,16,20). The molecule has 1 fully saturated rings. The van der Waals surface area contributed by atoms with Gasteiger partial charge in [-0.15, -0.1) is 10.2 Å². The van der Waals surface area contributed by atoms with Crippen molar-refractivity contribution < 1.29 is 19.1 Å². The van der Waals surface area contributed by atoms with Crippen LogP contribution in [0.1, 0.15) is 19.8 Å². The fraction of sp³-hybridized carbons (Fsp3) is 0.583. The Morgan fingerprint density at radius 1 is 1.18 bits per heavy atom. The summed E-state index contributed by atoms with van der Waals surface area (Å²) in [6, 6.07) is -0.148. The third kappa shape index (κ3) is 4.17. The van der Waals surface area contributed by atoms with Gasteiger partial charge in [0.15, 0.2) is 0 Å². The molecule has 2 N–H and O–H groups in total. The number of carbonyl (C=O) groups is 3. The monoisotopic (exact) mass is 310 g/mol. The summed E-state index contributed by atoms with van der Waals surface area (Å²) >= 11 is 0. The molecule has 10 heteroatoms. The van der Waals surface area contributed by atoms with Crippen molar-refractivity contribution in [3.05, 3.63) is 12.7 Å². The number of rotatable bonds is 3. The van der Waals surface area contributed by atoms with Crippen molar-refractivity contribution in [1.82, 2.24) is 25.1 Å². The van der Waals surface area contributed by atoms with Gasteiger partial charge in [0, 0.05) is 19.1 Å². The Labute approximate surface area is 126 Å². The van der Waals surface area contributed by atoms with Gasteiger partial charge >= 0.3 is 17.9 Å². The van der Waals surface area contributed by atoms with Gasteiger partial charge in [-0.1, -0.05) is 0 Å². The fourth-order valence-corrected chi connectivity index (χ4v) is 2.10. The van der Waals surface area contributed by atoms with Gasteiger partial charge in [-0.2, -0.15) is 0 Å². The molecular weight excluding hydrogens is 292 g/mol. The maximum absolute atomic E-state index is 11.8. The number of amides is 3. The van der Waals surface area contributed by atoms with Gasteiger partial charge in [0.05, 0.1) is 6.61 Å². The lowest BCUT2D eigenvalue weighted by Gasteiger charge is -2.31. The van der Waals surface area contributed by atoms with Crippen LogP contribution in [-0.4, -0.2) is 63.4 Å². The number of piperidine rings is 1. The predicted octanol–water partition coefficient (Wildman–Crippen LogP) is -0.915. The zero-order valence-electron chi connectivity index (χ0n) is 12.2. The van der Waals surface area contributed by atoms with Gasteiger partial charge in [0.1, 0.15) is 12.7 Å². The van der Waals surface area contributed by atoms with E-state index >= 15 is 0 Å². The van der Waals surface area contributed by atoms with E-state index < -0.39 is 11.8 Å². The van der Waals surface area contributed by atoms with E-state index in [1.54, 1.807) is 11.8 Å². The van der Waals surface area contributed by atoms with Gasteiger partial charge in [-0.25, -0.2) is 9.47 Å². The Balaban J connectivity index is 1.74. The maximum Gasteiger partial charge on any atom is 0.409 e. The second-order valence-corrected chi connectivity index (χ2v) is 4.74. The summed E-state index contributed by atoms with van der Waals surface area (Å²) in [4.78, 5) is 36.6. The second kappa shape index (κ2) is 7.38. The molecule has 0 spiro atoms. The van der Waals surface area contributed by atoms with Crippen LogP contribution in [0.25, 0.3) is 0 Å². The summed E-state index contributed by atoms with van der Waals surface area (Å²) in [7, 11) is 0. The lowest BCUT2D eigenvalue weighted by molar-refractivity contribution is -0.137. The normalized spacial score (nSPS) is 15.2. The van der Waals surface area contributed by atoms with Crippen LogP contribution in [-0.2, 0) is 14.3 Å². The Kier molecular flexibility index (Phi) is 5.28. The summed E-state index contributed by atoms with van der Waals surface area (Å²) in [5.41, 5.74) is 2.31. The Bertz CT molecular complexity index is 524. The molecule has 2 heterocycles. The lowest BCUT2D eigenvalue weighted by Crippen LogP contribution is -2.49. The first-order chi connectivity index (χ1) is 10.6. The van der Waals surface area contributed by atoms with Crippen LogP contribution in [0.4, 0.5) is 4.79 Å². The number of hydrogen-bond donors (Lipinski definition) is 2. The van der Waals surface area contributed by atoms with Crippen molar-refractivity contribution in [3.8, 4) is 0 Å². The first-order valence-corrected chi connectivity index (χ1v) is 6.98. The molecule has 3 amide bonds. The van der Waals surface area contributed by atoms with E-state index in [4.69, 9.17) is 4.74 Å². The molecule has 1 aromatic heterocycles. The number of likely N-dealkylation sites (tertiary alicyclic amines) is 1. The molecule has 1 aliphatic heterocycles. The molecule has 1 saturated heterocycles. The van der Waals surface area contributed by atoms with Crippen molar-refractivity contribution in [1.29, 1.82) is 0 Å². The molecule has 1 aliphatic rings. The molecule has 120 valence electrons. The summed E-state index contributed by atoms with van der Waals surface area (Å²) in [5.74, 6) is -1.53. The molecule has 0 radical (unpaired) electrons. The number of aromatic nitrogens is 3. The summed E-state index contributed by atoms with van der Waals surface area (Å²) in [5, 5.41) is 9.65. The first kappa shape index (κ1) is 15.7. The van der Waals surface area contributed by atoms with Crippen LogP contribution in [0.5, 0.6) is 0 Å².